The van der Waals surface area contributed by atoms with Gasteiger partial charge in [0, 0.05) is 16.7 Å². The van der Waals surface area contributed by atoms with Gasteiger partial charge in [-0.1, -0.05) is 152 Å². The van der Waals surface area contributed by atoms with Crippen LogP contribution in [0.4, 0.5) is 11.4 Å². The molecule has 0 amide bonds. The van der Waals surface area contributed by atoms with E-state index in [2.05, 4.69) is 115 Å². The second kappa shape index (κ2) is 13.5. The molecule has 4 nitrogen and oxygen atoms in total. The quantitative estimate of drug-likeness (QED) is 0.150. The second-order valence-electron chi connectivity index (χ2n) is 12.4. The van der Waals surface area contributed by atoms with Gasteiger partial charge in [0.1, 0.15) is 0 Å². The topological polar surface area (TPSA) is 54.0 Å². The number of allylic oxidation sites excluding steroid dienone is 4. The molecule has 50 heavy (non-hydrogen) atoms. The van der Waals surface area contributed by atoms with Crippen LogP contribution < -0.4 is 10.6 Å². The van der Waals surface area contributed by atoms with Crippen LogP contribution in [0, 0.1) is 0 Å². The molecule has 0 fully saturated rings. The highest BCUT2D eigenvalue weighted by atomic mass is 15.3. The van der Waals surface area contributed by atoms with Crippen LogP contribution in [0.3, 0.4) is 0 Å². The Morgan fingerprint density at radius 2 is 1.10 bits per heavy atom. The predicted molar refractivity (Wildman–Crippen MR) is 211 cm³/mol. The maximum absolute atomic E-state index is 7.21. The molecule has 6 aromatic carbocycles. The first-order chi connectivity index (χ1) is 24.6. The van der Waals surface area contributed by atoms with E-state index >= 15 is 0 Å². The number of hydrogen-bond donors (Lipinski definition) is 1. The molecule has 0 saturated heterocycles. The molecule has 1 heterocycles. The van der Waals surface area contributed by atoms with E-state index in [0.717, 1.165) is 68.7 Å². The summed E-state index contributed by atoms with van der Waals surface area (Å²) in [6.07, 6.45) is 8.90. The Morgan fingerprint density at radius 1 is 0.540 bits per heavy atom. The molecule has 1 aliphatic heterocycles. The van der Waals surface area contributed by atoms with Crippen molar-refractivity contribution in [3.8, 4) is 33.4 Å². The summed E-state index contributed by atoms with van der Waals surface area (Å²) in [7, 11) is 0. The first kappa shape index (κ1) is 30.8. The lowest BCUT2D eigenvalue weighted by Gasteiger charge is -2.27. The van der Waals surface area contributed by atoms with Crippen LogP contribution >= 0.6 is 0 Å². The molecule has 1 aliphatic carbocycles. The number of anilines is 2. The lowest BCUT2D eigenvalue weighted by atomic mass is 9.90. The minimum atomic E-state index is 0.306. The zero-order valence-corrected chi connectivity index (χ0v) is 27.7. The Morgan fingerprint density at radius 3 is 1.72 bits per heavy atom. The van der Waals surface area contributed by atoms with Crippen molar-refractivity contribution in [2.75, 3.05) is 4.90 Å². The normalized spacial score (nSPS) is 13.8. The summed E-state index contributed by atoms with van der Waals surface area (Å²) in [5.74, 6) is 0.789. The fraction of sp³-hybridized carbons (Fsp3) is 0.0435. The second-order valence-corrected chi connectivity index (χ2v) is 12.4. The smallest absolute Gasteiger partial charge is 0.207 e. The van der Waals surface area contributed by atoms with Crippen molar-refractivity contribution < 1.29 is 0 Å². The zero-order valence-electron chi connectivity index (χ0n) is 27.7. The van der Waals surface area contributed by atoms with Gasteiger partial charge in [-0.05, 0) is 76.1 Å². The fourth-order valence-electron chi connectivity index (χ4n) is 6.76. The van der Waals surface area contributed by atoms with Gasteiger partial charge in [0.15, 0.2) is 5.84 Å². The van der Waals surface area contributed by atoms with Gasteiger partial charge in [-0.3, -0.25) is 4.90 Å². The highest BCUT2D eigenvalue weighted by Gasteiger charge is 2.28. The molecule has 240 valence electrons. The number of nitrogens with two attached hydrogens (primary N) is 1. The van der Waals surface area contributed by atoms with E-state index in [0.29, 0.717) is 17.5 Å². The van der Waals surface area contributed by atoms with Gasteiger partial charge in [0.05, 0.1) is 17.1 Å². The molecule has 0 unspecified atom stereocenters. The molecule has 0 radical (unpaired) electrons. The standard InChI is InChI=1S/C46H36N4/c1-32(33-16-6-2-7-17-33)48-45(36-22-12-5-13-23-36)49-46(47)50-43-28-26-37(34-18-8-3-9-19-34)30-41(43)39-24-14-15-25-40(39)42-31-38(27-29-44(42)50)35-20-10-4-11-21-35/h2-3,5-10,12-31H,1,4,11H2,(H2,47,48,49). The van der Waals surface area contributed by atoms with Crippen LogP contribution in [0.25, 0.3) is 44.7 Å². The van der Waals surface area contributed by atoms with Gasteiger partial charge in [-0.2, -0.15) is 4.99 Å². The Bertz CT molecular complexity index is 2330. The summed E-state index contributed by atoms with van der Waals surface area (Å²) in [6, 6.07) is 52.3. The summed E-state index contributed by atoms with van der Waals surface area (Å²) in [4.78, 5) is 12.2. The van der Waals surface area contributed by atoms with Crippen molar-refractivity contribution in [3.05, 3.63) is 193 Å². The predicted octanol–water partition coefficient (Wildman–Crippen LogP) is 11.3. The van der Waals surface area contributed by atoms with Crippen molar-refractivity contribution in [1.29, 1.82) is 0 Å². The first-order valence-corrected chi connectivity index (χ1v) is 17.0. The highest BCUT2D eigenvalue weighted by molar-refractivity contribution is 6.17. The maximum atomic E-state index is 7.21. The molecular formula is C46H36N4. The van der Waals surface area contributed by atoms with E-state index < -0.39 is 0 Å². The fourth-order valence-corrected chi connectivity index (χ4v) is 6.76. The zero-order chi connectivity index (χ0) is 33.9. The van der Waals surface area contributed by atoms with Crippen molar-refractivity contribution in [1.82, 2.24) is 0 Å². The molecule has 0 saturated carbocycles. The summed E-state index contributed by atoms with van der Waals surface area (Å²) >= 11 is 0. The Balaban J connectivity index is 1.36. The van der Waals surface area contributed by atoms with Gasteiger partial charge in [-0.25, -0.2) is 4.99 Å². The molecule has 0 spiro atoms. The van der Waals surface area contributed by atoms with Crippen LogP contribution in [0.5, 0.6) is 0 Å². The van der Waals surface area contributed by atoms with E-state index in [1.54, 1.807) is 0 Å². The first-order valence-electron chi connectivity index (χ1n) is 17.0. The third kappa shape index (κ3) is 5.99. The summed E-state index contributed by atoms with van der Waals surface area (Å²) in [6.45, 7) is 4.29. The molecule has 0 atom stereocenters. The molecular weight excluding hydrogens is 609 g/mol. The summed E-state index contributed by atoms with van der Waals surface area (Å²) in [5, 5.41) is 0. The molecule has 8 rings (SSSR count). The van der Waals surface area contributed by atoms with Gasteiger partial charge in [0.25, 0.3) is 0 Å². The van der Waals surface area contributed by atoms with E-state index in [4.69, 9.17) is 15.7 Å². The number of hydrogen-bond acceptors (Lipinski definition) is 1. The molecule has 4 heteroatoms. The van der Waals surface area contributed by atoms with Crippen LogP contribution in [0.2, 0.25) is 0 Å². The maximum Gasteiger partial charge on any atom is 0.207 e. The third-order valence-electron chi connectivity index (χ3n) is 9.25. The Kier molecular flexibility index (Phi) is 8.34. The van der Waals surface area contributed by atoms with Crippen molar-refractivity contribution >= 4 is 34.4 Å². The van der Waals surface area contributed by atoms with Crippen LogP contribution in [0.1, 0.15) is 29.5 Å². The van der Waals surface area contributed by atoms with E-state index in [1.165, 1.54) is 11.1 Å². The van der Waals surface area contributed by atoms with Gasteiger partial charge in [0.2, 0.25) is 5.96 Å². The van der Waals surface area contributed by atoms with Crippen LogP contribution in [0.15, 0.2) is 186 Å². The number of aliphatic imine (C=N–C) groups is 2. The number of amidine groups is 1. The number of nitrogens with zero attached hydrogens (tertiary/aromatic N) is 3. The largest absolute Gasteiger partial charge is 0.369 e. The number of benzene rings is 6. The van der Waals surface area contributed by atoms with Gasteiger partial charge < -0.3 is 5.73 Å². The van der Waals surface area contributed by atoms with E-state index in [1.807, 2.05) is 66.7 Å². The lowest BCUT2D eigenvalue weighted by Crippen LogP contribution is -2.35. The number of rotatable bonds is 5. The van der Waals surface area contributed by atoms with Crippen molar-refractivity contribution in [2.45, 2.75) is 12.8 Å². The van der Waals surface area contributed by atoms with Crippen LogP contribution in [-0.4, -0.2) is 11.8 Å². The summed E-state index contributed by atoms with van der Waals surface area (Å²) < 4.78 is 0. The van der Waals surface area contributed by atoms with Crippen molar-refractivity contribution in [3.63, 3.8) is 0 Å². The minimum absolute atomic E-state index is 0.306. The molecule has 0 bridgehead atoms. The lowest BCUT2D eigenvalue weighted by molar-refractivity contribution is 1.04. The average molecular weight is 645 g/mol. The average Bonchev–Trinajstić information content (AvgIpc) is 3.31. The van der Waals surface area contributed by atoms with E-state index in [9.17, 15) is 0 Å². The third-order valence-corrected chi connectivity index (χ3v) is 9.25. The van der Waals surface area contributed by atoms with Crippen molar-refractivity contribution in [2.24, 2.45) is 15.7 Å². The minimum Gasteiger partial charge on any atom is -0.369 e. The number of fused-ring (bicyclic) bond motifs is 5. The SMILES string of the molecule is C=C(/N=C(\N=C(/N)N1c2ccc(C3=CCCC=C3)cc2-c2ccccc2-c2cc(-c3ccccc3)ccc21)c1ccccc1)c1ccccc1. The molecule has 2 N–H and O–H groups in total. The highest BCUT2D eigenvalue weighted by Crippen LogP contribution is 2.49. The molecule has 2 aliphatic rings. The summed E-state index contributed by atoms with van der Waals surface area (Å²) in [5.41, 5.74) is 20.6. The van der Waals surface area contributed by atoms with E-state index in [-0.39, 0.29) is 0 Å². The van der Waals surface area contributed by atoms with Gasteiger partial charge in [-0.15, -0.1) is 0 Å². The Labute approximate surface area is 293 Å². The van der Waals surface area contributed by atoms with Crippen LogP contribution in [-0.2, 0) is 0 Å². The monoisotopic (exact) mass is 644 g/mol. The number of guanidine groups is 1. The van der Waals surface area contributed by atoms with Gasteiger partial charge >= 0.3 is 0 Å². The molecule has 6 aromatic rings. The Hall–Kier alpha value is -6.52. The molecule has 0 aromatic heterocycles.